The molecule has 0 aliphatic heterocycles. The molecule has 0 radical (unpaired) electrons. The molecule has 0 aliphatic rings. The lowest BCUT2D eigenvalue weighted by Crippen LogP contribution is -2.14. The Kier molecular flexibility index (Phi) is 3.95. The summed E-state index contributed by atoms with van der Waals surface area (Å²) in [5, 5.41) is 13.2. The Morgan fingerprint density at radius 3 is 2.74 bits per heavy atom. The number of hydrogen-bond acceptors (Lipinski definition) is 7. The standard InChI is InChI=1S/C12H9N5OS/c1-8-14-12(19-17-8)16-15-10(7-13)11(18)9-5-3-2-4-6-9/h2-6H,1H3,(H,14,16,17)/b15-10-. The molecule has 0 atom stereocenters. The van der Waals surface area contributed by atoms with E-state index < -0.39 is 5.78 Å². The largest absolute Gasteiger partial charge is 0.286 e. The number of ketones is 1. The maximum atomic E-state index is 12.0. The van der Waals surface area contributed by atoms with Crippen LogP contribution in [0.15, 0.2) is 35.4 Å². The van der Waals surface area contributed by atoms with Crippen molar-refractivity contribution in [1.29, 1.82) is 5.26 Å². The summed E-state index contributed by atoms with van der Waals surface area (Å²) in [6.45, 7) is 1.74. The highest BCUT2D eigenvalue weighted by atomic mass is 32.1. The van der Waals surface area contributed by atoms with Gasteiger partial charge in [-0.1, -0.05) is 30.3 Å². The van der Waals surface area contributed by atoms with Gasteiger partial charge in [0, 0.05) is 17.1 Å². The van der Waals surface area contributed by atoms with E-state index in [1.165, 1.54) is 0 Å². The van der Waals surface area contributed by atoms with E-state index in [0.717, 1.165) is 11.5 Å². The molecule has 2 rings (SSSR count). The van der Waals surface area contributed by atoms with Gasteiger partial charge in [0.1, 0.15) is 11.9 Å². The Morgan fingerprint density at radius 2 is 2.16 bits per heavy atom. The zero-order valence-electron chi connectivity index (χ0n) is 9.99. The van der Waals surface area contributed by atoms with E-state index in [-0.39, 0.29) is 5.71 Å². The molecule has 6 nitrogen and oxygen atoms in total. The fourth-order valence-electron chi connectivity index (χ4n) is 1.30. The number of nitrogens with zero attached hydrogens (tertiary/aromatic N) is 4. The minimum Gasteiger partial charge on any atom is -0.286 e. The molecule has 0 fully saturated rings. The number of aromatic nitrogens is 2. The Labute approximate surface area is 113 Å². The van der Waals surface area contributed by atoms with Gasteiger partial charge in [-0.05, 0) is 6.92 Å². The molecule has 0 spiro atoms. The maximum Gasteiger partial charge on any atom is 0.223 e. The van der Waals surface area contributed by atoms with Crippen LogP contribution in [0.25, 0.3) is 0 Å². The molecule has 1 N–H and O–H groups in total. The minimum absolute atomic E-state index is 0.223. The number of rotatable bonds is 4. The first-order valence-corrected chi connectivity index (χ1v) is 6.12. The Balaban J connectivity index is 2.16. The third-order valence-corrected chi connectivity index (χ3v) is 2.86. The number of nitrogens with one attached hydrogen (secondary N) is 1. The third kappa shape index (κ3) is 3.20. The fourth-order valence-corrected chi connectivity index (χ4v) is 1.82. The van der Waals surface area contributed by atoms with Crippen molar-refractivity contribution in [2.45, 2.75) is 6.92 Å². The van der Waals surface area contributed by atoms with Crippen LogP contribution >= 0.6 is 11.5 Å². The molecule has 7 heteroatoms. The van der Waals surface area contributed by atoms with Crippen molar-refractivity contribution >= 4 is 28.2 Å². The van der Waals surface area contributed by atoms with Crippen LogP contribution in [0.1, 0.15) is 16.2 Å². The van der Waals surface area contributed by atoms with Gasteiger partial charge in [-0.2, -0.15) is 14.7 Å². The van der Waals surface area contributed by atoms with Gasteiger partial charge in [0.05, 0.1) is 0 Å². The topological polar surface area (TPSA) is 91.0 Å². The molecule has 0 saturated carbocycles. The molecule has 0 bridgehead atoms. The molecule has 2 aromatic rings. The minimum atomic E-state index is -0.433. The lowest BCUT2D eigenvalue weighted by molar-refractivity contribution is 0.106. The average Bonchev–Trinajstić information content (AvgIpc) is 2.86. The molecular formula is C12H9N5OS. The van der Waals surface area contributed by atoms with E-state index >= 15 is 0 Å². The summed E-state index contributed by atoms with van der Waals surface area (Å²) >= 11 is 1.11. The molecule has 0 unspecified atom stereocenters. The average molecular weight is 271 g/mol. The zero-order valence-corrected chi connectivity index (χ0v) is 10.8. The number of hydrazone groups is 1. The van der Waals surface area contributed by atoms with Gasteiger partial charge in [-0.15, -0.1) is 0 Å². The molecule has 0 aliphatic carbocycles. The summed E-state index contributed by atoms with van der Waals surface area (Å²) in [7, 11) is 0. The van der Waals surface area contributed by atoms with E-state index in [9.17, 15) is 4.79 Å². The first-order valence-electron chi connectivity index (χ1n) is 5.34. The summed E-state index contributed by atoms with van der Waals surface area (Å²) in [6, 6.07) is 10.3. The number of Topliss-reactive ketones (excluding diaryl/α,β-unsaturated/α-hetero) is 1. The van der Waals surface area contributed by atoms with E-state index in [2.05, 4.69) is 19.9 Å². The van der Waals surface area contributed by atoms with Gasteiger partial charge in [-0.3, -0.25) is 4.79 Å². The molecule has 0 saturated heterocycles. The summed E-state index contributed by atoms with van der Waals surface area (Å²) in [6.07, 6.45) is 0. The highest BCUT2D eigenvalue weighted by Gasteiger charge is 2.13. The van der Waals surface area contributed by atoms with Crippen molar-refractivity contribution in [3.05, 3.63) is 41.7 Å². The Bertz CT molecular complexity index is 656. The second-order valence-electron chi connectivity index (χ2n) is 3.53. The number of nitriles is 1. The quantitative estimate of drug-likeness (QED) is 0.522. The second kappa shape index (κ2) is 5.84. The van der Waals surface area contributed by atoms with Crippen molar-refractivity contribution in [3.63, 3.8) is 0 Å². The predicted molar refractivity (Wildman–Crippen MR) is 72.1 cm³/mol. The van der Waals surface area contributed by atoms with E-state index in [4.69, 9.17) is 5.26 Å². The van der Waals surface area contributed by atoms with Gasteiger partial charge in [0.25, 0.3) is 0 Å². The van der Waals surface area contributed by atoms with Gasteiger partial charge in [0.15, 0.2) is 0 Å². The van der Waals surface area contributed by atoms with Crippen molar-refractivity contribution in [3.8, 4) is 6.07 Å². The van der Waals surface area contributed by atoms with Crippen LogP contribution in [0, 0.1) is 18.3 Å². The van der Waals surface area contributed by atoms with Crippen LogP contribution in [0.3, 0.4) is 0 Å². The highest BCUT2D eigenvalue weighted by molar-refractivity contribution is 7.09. The monoisotopic (exact) mass is 271 g/mol. The van der Waals surface area contributed by atoms with Crippen LogP contribution in [-0.4, -0.2) is 20.9 Å². The number of aryl methyl sites for hydroxylation is 1. The summed E-state index contributed by atoms with van der Waals surface area (Å²) in [4.78, 5) is 16.0. The molecule has 1 aromatic carbocycles. The smallest absolute Gasteiger partial charge is 0.223 e. The first kappa shape index (κ1) is 12.9. The van der Waals surface area contributed by atoms with Crippen LogP contribution in [0.2, 0.25) is 0 Å². The normalized spacial score (nSPS) is 10.8. The van der Waals surface area contributed by atoms with Gasteiger partial charge < -0.3 is 0 Å². The van der Waals surface area contributed by atoms with Gasteiger partial charge in [0.2, 0.25) is 16.6 Å². The van der Waals surface area contributed by atoms with Crippen LogP contribution in [0.5, 0.6) is 0 Å². The summed E-state index contributed by atoms with van der Waals surface area (Å²) in [5.74, 6) is 0.174. The SMILES string of the molecule is Cc1nsc(N/N=C(/C#N)C(=O)c2ccccc2)n1. The Hall–Kier alpha value is -2.59. The number of anilines is 1. The number of carbonyl (C=O) groups excluding carboxylic acids is 1. The lowest BCUT2D eigenvalue weighted by Gasteiger charge is -1.98. The van der Waals surface area contributed by atoms with Crippen molar-refractivity contribution < 1.29 is 4.79 Å². The molecule has 1 heterocycles. The van der Waals surface area contributed by atoms with Gasteiger partial charge in [-0.25, -0.2) is 10.4 Å². The fraction of sp³-hybridized carbons (Fsp3) is 0.0833. The summed E-state index contributed by atoms with van der Waals surface area (Å²) < 4.78 is 3.95. The van der Waals surface area contributed by atoms with Crippen LogP contribution in [-0.2, 0) is 0 Å². The molecule has 1 aromatic heterocycles. The molecule has 0 amide bonds. The zero-order chi connectivity index (χ0) is 13.7. The highest BCUT2D eigenvalue weighted by Crippen LogP contribution is 2.10. The lowest BCUT2D eigenvalue weighted by atomic mass is 10.1. The number of hydrogen-bond donors (Lipinski definition) is 1. The van der Waals surface area contributed by atoms with E-state index in [1.807, 2.05) is 0 Å². The van der Waals surface area contributed by atoms with E-state index in [0.29, 0.717) is 16.5 Å². The molecule has 19 heavy (non-hydrogen) atoms. The van der Waals surface area contributed by atoms with Crippen molar-refractivity contribution in [2.75, 3.05) is 5.43 Å². The predicted octanol–water partition coefficient (Wildman–Crippen LogP) is 2.02. The molecule has 94 valence electrons. The van der Waals surface area contributed by atoms with Crippen molar-refractivity contribution in [2.24, 2.45) is 5.10 Å². The third-order valence-electron chi connectivity index (χ3n) is 2.15. The summed E-state index contributed by atoms with van der Waals surface area (Å²) in [5.41, 5.74) is 2.75. The number of carbonyl (C=O) groups is 1. The van der Waals surface area contributed by atoms with E-state index in [1.54, 1.807) is 43.3 Å². The molecular weight excluding hydrogens is 262 g/mol. The second-order valence-corrected chi connectivity index (χ2v) is 4.28. The number of benzene rings is 1. The maximum absolute atomic E-state index is 12.0. The first-order chi connectivity index (χ1) is 9.20. The van der Waals surface area contributed by atoms with Crippen LogP contribution < -0.4 is 5.43 Å². The van der Waals surface area contributed by atoms with Crippen molar-refractivity contribution in [1.82, 2.24) is 9.36 Å². The van der Waals surface area contributed by atoms with Gasteiger partial charge >= 0.3 is 0 Å². The Morgan fingerprint density at radius 1 is 1.42 bits per heavy atom. The van der Waals surface area contributed by atoms with Crippen LogP contribution in [0.4, 0.5) is 5.13 Å².